The van der Waals surface area contributed by atoms with Gasteiger partial charge in [0.05, 0.1) is 20.3 Å². The van der Waals surface area contributed by atoms with Gasteiger partial charge in [0.25, 0.3) is 0 Å². The maximum absolute atomic E-state index is 11.2. The van der Waals surface area contributed by atoms with Gasteiger partial charge in [0.15, 0.2) is 6.61 Å². The Labute approximate surface area is 178 Å². The molecule has 29 heavy (non-hydrogen) atoms. The summed E-state index contributed by atoms with van der Waals surface area (Å²) in [5.41, 5.74) is 1.78. The summed E-state index contributed by atoms with van der Waals surface area (Å²) in [5.74, 6) is -1.17. The number of aromatic nitrogens is 1. The number of rotatable bonds is 7. The Kier molecular flexibility index (Phi) is 7.23. The highest BCUT2D eigenvalue weighted by Crippen LogP contribution is 2.29. The summed E-state index contributed by atoms with van der Waals surface area (Å²) in [6.07, 6.45) is 4.12. The lowest BCUT2D eigenvalue weighted by Crippen LogP contribution is -2.53. The number of carbonyl (C=O) groups excluding carboxylic acids is 1. The summed E-state index contributed by atoms with van der Waals surface area (Å²) in [5, 5.41) is 11.0. The van der Waals surface area contributed by atoms with E-state index in [0.29, 0.717) is 24.5 Å². The van der Waals surface area contributed by atoms with Gasteiger partial charge >= 0.3 is 5.97 Å². The van der Waals surface area contributed by atoms with E-state index in [1.165, 1.54) is 7.11 Å². The number of morpholine rings is 1. The van der Waals surface area contributed by atoms with Crippen LogP contribution in [0.25, 0.3) is 0 Å². The number of carbonyl (C=O) groups is 1. The van der Waals surface area contributed by atoms with Crippen molar-refractivity contribution in [1.82, 2.24) is 9.88 Å². The summed E-state index contributed by atoms with van der Waals surface area (Å²) in [4.78, 5) is 17.5. The van der Waals surface area contributed by atoms with Crippen molar-refractivity contribution in [2.75, 3.05) is 33.4 Å². The molecule has 0 saturated carbocycles. The second-order valence-electron chi connectivity index (χ2n) is 7.06. The Morgan fingerprint density at radius 3 is 2.83 bits per heavy atom. The highest BCUT2D eigenvalue weighted by Gasteiger charge is 2.38. The molecule has 8 heteroatoms. The molecule has 0 amide bonds. The van der Waals surface area contributed by atoms with Crippen LogP contribution in [0.5, 0.6) is 5.75 Å². The fourth-order valence-corrected chi connectivity index (χ4v) is 3.67. The van der Waals surface area contributed by atoms with Gasteiger partial charge in [0.2, 0.25) is 5.79 Å². The van der Waals surface area contributed by atoms with Crippen LogP contribution in [0.3, 0.4) is 0 Å². The molecule has 1 aromatic carbocycles. The monoisotopic (exact) mass is 464 g/mol. The first-order valence-corrected chi connectivity index (χ1v) is 10.2. The van der Waals surface area contributed by atoms with Crippen LogP contribution in [0.4, 0.5) is 0 Å². The summed E-state index contributed by atoms with van der Waals surface area (Å²) in [6, 6.07) is 9.67. The summed E-state index contributed by atoms with van der Waals surface area (Å²) >= 11 is 3.39. The third kappa shape index (κ3) is 5.76. The first-order chi connectivity index (χ1) is 13.9. The first-order valence-electron chi connectivity index (χ1n) is 9.39. The maximum Gasteiger partial charge on any atom is 0.343 e. The number of pyridine rings is 1. The van der Waals surface area contributed by atoms with Crippen molar-refractivity contribution in [3.05, 3.63) is 58.3 Å². The highest BCUT2D eigenvalue weighted by atomic mass is 79.9. The van der Waals surface area contributed by atoms with Gasteiger partial charge in [-0.2, -0.15) is 0 Å². The van der Waals surface area contributed by atoms with Crippen LogP contribution in [0.2, 0.25) is 0 Å². The topological polar surface area (TPSA) is 81.1 Å². The van der Waals surface area contributed by atoms with Crippen molar-refractivity contribution in [2.24, 2.45) is 0 Å². The van der Waals surface area contributed by atoms with Gasteiger partial charge in [0.1, 0.15) is 5.75 Å². The van der Waals surface area contributed by atoms with Crippen LogP contribution < -0.4 is 4.74 Å². The number of hydrogen-bond donors (Lipinski definition) is 1. The van der Waals surface area contributed by atoms with Crippen molar-refractivity contribution in [3.63, 3.8) is 0 Å². The average molecular weight is 465 g/mol. The van der Waals surface area contributed by atoms with Gasteiger partial charge < -0.3 is 19.3 Å². The summed E-state index contributed by atoms with van der Waals surface area (Å²) < 4.78 is 16.4. The van der Waals surface area contributed by atoms with Crippen LogP contribution in [0.1, 0.15) is 18.1 Å². The number of esters is 1. The van der Waals surface area contributed by atoms with Gasteiger partial charge in [-0.25, -0.2) is 4.79 Å². The van der Waals surface area contributed by atoms with E-state index >= 15 is 0 Å². The standard InChI is InChI=1S/C21H25BrN2O5/c1-15(9-16-3-5-19(6-4-16)28-13-20(25)27-2)24-7-8-29-21(26,14-24)17-10-18(22)12-23-11-17/h3-6,10-12,15,26H,7-9,13-14H2,1-2H3. The Hall–Kier alpha value is -2.00. The molecule has 0 spiro atoms. The predicted molar refractivity (Wildman–Crippen MR) is 110 cm³/mol. The molecule has 1 saturated heterocycles. The molecule has 0 radical (unpaired) electrons. The van der Waals surface area contributed by atoms with E-state index in [0.717, 1.165) is 23.0 Å². The largest absolute Gasteiger partial charge is 0.482 e. The molecule has 7 nitrogen and oxygen atoms in total. The number of hydrogen-bond acceptors (Lipinski definition) is 7. The third-order valence-electron chi connectivity index (χ3n) is 4.95. The van der Waals surface area contributed by atoms with Crippen molar-refractivity contribution in [2.45, 2.75) is 25.2 Å². The number of methoxy groups -OCH3 is 1. The first kappa shape index (κ1) is 21.7. The van der Waals surface area contributed by atoms with Crippen molar-refractivity contribution < 1.29 is 24.1 Å². The molecule has 3 rings (SSSR count). The number of nitrogens with zero attached hydrogens (tertiary/aromatic N) is 2. The van der Waals surface area contributed by atoms with E-state index in [2.05, 4.69) is 37.5 Å². The van der Waals surface area contributed by atoms with Crippen LogP contribution in [0, 0.1) is 0 Å². The molecule has 1 aliphatic rings. The molecule has 1 aromatic heterocycles. The number of aliphatic hydroxyl groups is 1. The molecule has 1 aliphatic heterocycles. The fourth-order valence-electron chi connectivity index (χ4n) is 3.30. The highest BCUT2D eigenvalue weighted by molar-refractivity contribution is 9.10. The van der Waals surface area contributed by atoms with E-state index in [4.69, 9.17) is 9.47 Å². The lowest BCUT2D eigenvalue weighted by molar-refractivity contribution is -0.252. The molecule has 2 aromatic rings. The molecule has 1 fully saturated rings. The van der Waals surface area contributed by atoms with E-state index in [-0.39, 0.29) is 12.6 Å². The van der Waals surface area contributed by atoms with Gasteiger partial charge in [-0.3, -0.25) is 9.88 Å². The Morgan fingerprint density at radius 1 is 1.38 bits per heavy atom. The Morgan fingerprint density at radius 2 is 2.14 bits per heavy atom. The van der Waals surface area contributed by atoms with Gasteiger partial charge in [-0.15, -0.1) is 0 Å². The van der Waals surface area contributed by atoms with Crippen molar-refractivity contribution in [1.29, 1.82) is 0 Å². The smallest absolute Gasteiger partial charge is 0.343 e. The molecule has 0 bridgehead atoms. The normalized spacial score (nSPS) is 20.8. The molecule has 0 aliphatic carbocycles. The molecular formula is C21H25BrN2O5. The zero-order chi connectivity index (χ0) is 20.9. The van der Waals surface area contributed by atoms with Crippen LogP contribution >= 0.6 is 15.9 Å². The molecule has 1 N–H and O–H groups in total. The SMILES string of the molecule is COC(=O)COc1ccc(CC(C)N2CCOC(O)(c3cncc(Br)c3)C2)cc1. The lowest BCUT2D eigenvalue weighted by Gasteiger charge is -2.42. The Bertz CT molecular complexity index is 832. The van der Waals surface area contributed by atoms with Crippen molar-refractivity contribution >= 4 is 21.9 Å². The average Bonchev–Trinajstić information content (AvgIpc) is 2.73. The molecule has 156 valence electrons. The van der Waals surface area contributed by atoms with Crippen LogP contribution in [0.15, 0.2) is 47.2 Å². The second kappa shape index (κ2) is 9.67. The summed E-state index contributed by atoms with van der Waals surface area (Å²) in [6.45, 7) is 3.57. The number of benzene rings is 1. The van der Waals surface area contributed by atoms with E-state index < -0.39 is 11.8 Å². The molecule has 2 atom stereocenters. The van der Waals surface area contributed by atoms with E-state index in [9.17, 15) is 9.90 Å². The number of β-amino-alcohol motifs (C(OH)–C–C–N with tert-alkyl or cyclic N) is 1. The lowest BCUT2D eigenvalue weighted by atomic mass is 10.0. The minimum absolute atomic E-state index is 0.108. The zero-order valence-electron chi connectivity index (χ0n) is 16.5. The minimum atomic E-state index is -1.38. The van der Waals surface area contributed by atoms with Crippen LogP contribution in [-0.4, -0.2) is 60.4 Å². The number of halogens is 1. The molecule has 2 unspecified atom stereocenters. The van der Waals surface area contributed by atoms with Gasteiger partial charge in [0, 0.05) is 35.0 Å². The maximum atomic E-state index is 11.2. The van der Waals surface area contributed by atoms with E-state index in [1.54, 1.807) is 12.4 Å². The quantitative estimate of drug-likeness (QED) is 0.630. The van der Waals surface area contributed by atoms with E-state index in [1.807, 2.05) is 30.3 Å². The Balaban J connectivity index is 1.60. The zero-order valence-corrected chi connectivity index (χ0v) is 18.1. The summed E-state index contributed by atoms with van der Waals surface area (Å²) in [7, 11) is 1.33. The molecular weight excluding hydrogens is 440 g/mol. The van der Waals surface area contributed by atoms with Crippen LogP contribution in [-0.2, 0) is 26.5 Å². The predicted octanol–water partition coefficient (Wildman–Crippen LogP) is 2.50. The minimum Gasteiger partial charge on any atom is -0.482 e. The van der Waals surface area contributed by atoms with Gasteiger partial charge in [-0.1, -0.05) is 12.1 Å². The number of ether oxygens (including phenoxy) is 3. The fraction of sp³-hybridized carbons (Fsp3) is 0.429. The van der Waals surface area contributed by atoms with Crippen molar-refractivity contribution in [3.8, 4) is 5.75 Å². The third-order valence-corrected chi connectivity index (χ3v) is 5.39. The molecule has 2 heterocycles. The van der Waals surface area contributed by atoms with Gasteiger partial charge in [-0.05, 0) is 53.0 Å². The second-order valence-corrected chi connectivity index (χ2v) is 7.97.